The number of hydrogen-bond acceptors (Lipinski definition) is 5. The number of carbonyl (C=O) groups is 1. The van der Waals surface area contributed by atoms with Crippen molar-refractivity contribution in [2.45, 2.75) is 17.7 Å². The zero-order valence-corrected chi connectivity index (χ0v) is 21.8. The number of halogens is 3. The van der Waals surface area contributed by atoms with E-state index in [2.05, 4.69) is 10.3 Å². The van der Waals surface area contributed by atoms with Crippen molar-refractivity contribution in [3.05, 3.63) is 108 Å². The molecule has 3 aromatic carbocycles. The number of ether oxygens (including phenoxy) is 1. The molecular weight excluding hydrogens is 543 g/mol. The summed E-state index contributed by atoms with van der Waals surface area (Å²) in [5.74, 6) is 0. The standard InChI is InChI=1S/C29H22F3N3O4S/c1-40(37,38)25-11-9-20(10-12-25)22-13-14-35-26(17-33-27(35)15-22)21-7-5-19(6-8-21)18-39-28(36)34-24-4-2-3-23(16-24)29(30,31)32/h2-17H,18H2,1H3,(H,34,36). The lowest BCUT2D eigenvalue weighted by molar-refractivity contribution is -0.137. The van der Waals surface area contributed by atoms with E-state index in [0.717, 1.165) is 34.5 Å². The van der Waals surface area contributed by atoms with E-state index < -0.39 is 27.7 Å². The third-order valence-corrected chi connectivity index (χ3v) is 7.31. The molecule has 0 radical (unpaired) electrons. The topological polar surface area (TPSA) is 89.8 Å². The van der Waals surface area contributed by atoms with Gasteiger partial charge < -0.3 is 4.74 Å². The highest BCUT2D eigenvalue weighted by Gasteiger charge is 2.30. The highest BCUT2D eigenvalue weighted by molar-refractivity contribution is 7.90. The lowest BCUT2D eigenvalue weighted by atomic mass is 10.1. The number of alkyl halides is 3. The molecule has 0 aliphatic heterocycles. The number of rotatable bonds is 6. The number of fused-ring (bicyclic) bond motifs is 1. The fourth-order valence-electron chi connectivity index (χ4n) is 4.12. The number of anilines is 1. The molecule has 0 aliphatic carbocycles. The van der Waals surface area contributed by atoms with Crippen LogP contribution in [0.2, 0.25) is 0 Å². The van der Waals surface area contributed by atoms with Gasteiger partial charge in [-0.25, -0.2) is 18.2 Å². The maximum atomic E-state index is 12.9. The van der Waals surface area contributed by atoms with Gasteiger partial charge in [-0.3, -0.25) is 9.72 Å². The van der Waals surface area contributed by atoms with Crippen LogP contribution in [-0.2, 0) is 27.4 Å². The summed E-state index contributed by atoms with van der Waals surface area (Å²) in [5.41, 5.74) is 3.97. The number of amides is 1. The van der Waals surface area contributed by atoms with Gasteiger partial charge in [-0.2, -0.15) is 13.2 Å². The first-order valence-electron chi connectivity index (χ1n) is 12.0. The SMILES string of the molecule is CS(=O)(=O)c1ccc(-c2ccn3c(-c4ccc(COC(=O)Nc5cccc(C(F)(F)F)c5)cc4)cnc3c2)cc1. The molecule has 11 heteroatoms. The molecule has 0 bridgehead atoms. The van der Waals surface area contributed by atoms with Gasteiger partial charge in [0.05, 0.1) is 22.3 Å². The number of sulfone groups is 1. The number of imidazole rings is 1. The van der Waals surface area contributed by atoms with Gasteiger partial charge in [-0.1, -0.05) is 42.5 Å². The second kappa shape index (κ2) is 10.5. The number of hydrogen-bond donors (Lipinski definition) is 1. The second-order valence-electron chi connectivity index (χ2n) is 9.06. The first-order chi connectivity index (χ1) is 19.0. The van der Waals surface area contributed by atoms with Crippen LogP contribution in [0.25, 0.3) is 28.0 Å². The lowest BCUT2D eigenvalue weighted by Gasteiger charge is -2.10. The van der Waals surface area contributed by atoms with Crippen LogP contribution >= 0.6 is 0 Å². The number of nitrogens with zero attached hydrogens (tertiary/aromatic N) is 2. The maximum Gasteiger partial charge on any atom is 0.416 e. The first-order valence-corrected chi connectivity index (χ1v) is 13.8. The molecule has 0 fully saturated rings. The molecule has 0 spiro atoms. The Bertz CT molecular complexity index is 1800. The van der Waals surface area contributed by atoms with E-state index in [4.69, 9.17) is 4.74 Å². The Morgan fingerprint density at radius 2 is 1.62 bits per heavy atom. The molecule has 0 saturated carbocycles. The van der Waals surface area contributed by atoms with Gasteiger partial charge in [-0.05, 0) is 59.2 Å². The predicted molar refractivity (Wildman–Crippen MR) is 144 cm³/mol. The third kappa shape index (κ3) is 5.99. The summed E-state index contributed by atoms with van der Waals surface area (Å²) >= 11 is 0. The number of nitrogens with one attached hydrogen (secondary N) is 1. The van der Waals surface area contributed by atoms with Crippen LogP contribution in [-0.4, -0.2) is 30.2 Å². The zero-order chi connectivity index (χ0) is 28.5. The normalized spacial score (nSPS) is 11.9. The van der Waals surface area contributed by atoms with Crippen molar-refractivity contribution in [1.29, 1.82) is 0 Å². The van der Waals surface area contributed by atoms with E-state index in [0.29, 0.717) is 11.2 Å². The molecule has 40 heavy (non-hydrogen) atoms. The van der Waals surface area contributed by atoms with Crippen molar-refractivity contribution in [3.8, 4) is 22.4 Å². The van der Waals surface area contributed by atoms with Crippen molar-refractivity contribution in [3.63, 3.8) is 0 Å². The predicted octanol–water partition coefficient (Wildman–Crippen LogP) is 6.84. The fraction of sp³-hybridized carbons (Fsp3) is 0.103. The molecule has 7 nitrogen and oxygen atoms in total. The Kier molecular flexibility index (Phi) is 7.07. The summed E-state index contributed by atoms with van der Waals surface area (Å²) in [7, 11) is -3.27. The maximum absolute atomic E-state index is 12.9. The minimum Gasteiger partial charge on any atom is -0.444 e. The molecule has 1 amide bonds. The average molecular weight is 566 g/mol. The minimum absolute atomic E-state index is 0.0168. The van der Waals surface area contributed by atoms with Gasteiger partial charge in [0, 0.05) is 23.7 Å². The van der Waals surface area contributed by atoms with Gasteiger partial charge in [0.25, 0.3) is 0 Å². The molecule has 5 aromatic rings. The van der Waals surface area contributed by atoms with Gasteiger partial charge in [-0.15, -0.1) is 0 Å². The van der Waals surface area contributed by atoms with Crippen molar-refractivity contribution < 1.29 is 31.1 Å². The molecule has 0 unspecified atom stereocenters. The Morgan fingerprint density at radius 1 is 0.925 bits per heavy atom. The molecule has 0 saturated heterocycles. The Morgan fingerprint density at radius 3 is 2.30 bits per heavy atom. The van der Waals surface area contributed by atoms with Crippen molar-refractivity contribution >= 4 is 27.3 Å². The number of pyridine rings is 1. The Labute approximate surface area is 227 Å². The largest absolute Gasteiger partial charge is 0.444 e. The van der Waals surface area contributed by atoms with E-state index in [-0.39, 0.29) is 17.2 Å². The summed E-state index contributed by atoms with van der Waals surface area (Å²) < 4.78 is 69.1. The molecule has 5 rings (SSSR count). The van der Waals surface area contributed by atoms with Crippen LogP contribution in [0.3, 0.4) is 0 Å². The van der Waals surface area contributed by atoms with Crippen LogP contribution in [0.15, 0.2) is 102 Å². The second-order valence-corrected chi connectivity index (χ2v) is 11.1. The number of aromatic nitrogens is 2. The summed E-state index contributed by atoms with van der Waals surface area (Å²) in [4.78, 5) is 16.8. The van der Waals surface area contributed by atoms with Crippen LogP contribution in [0.4, 0.5) is 23.7 Å². The van der Waals surface area contributed by atoms with Crippen molar-refractivity contribution in [2.24, 2.45) is 0 Å². The molecule has 2 heterocycles. The first kappa shape index (κ1) is 26.9. The summed E-state index contributed by atoms with van der Waals surface area (Å²) in [6.45, 7) is -0.0697. The molecule has 2 aromatic heterocycles. The Balaban J connectivity index is 1.24. The van der Waals surface area contributed by atoms with E-state index in [1.54, 1.807) is 42.6 Å². The van der Waals surface area contributed by atoms with E-state index >= 15 is 0 Å². The van der Waals surface area contributed by atoms with Gasteiger partial charge in [0.15, 0.2) is 9.84 Å². The van der Waals surface area contributed by atoms with Crippen LogP contribution < -0.4 is 5.32 Å². The van der Waals surface area contributed by atoms with Gasteiger partial charge in [0.2, 0.25) is 0 Å². The highest BCUT2D eigenvalue weighted by Crippen LogP contribution is 2.31. The van der Waals surface area contributed by atoms with Crippen LogP contribution in [0.1, 0.15) is 11.1 Å². The monoisotopic (exact) mass is 565 g/mol. The molecule has 0 aliphatic rings. The summed E-state index contributed by atoms with van der Waals surface area (Å²) in [6, 6.07) is 22.1. The summed E-state index contributed by atoms with van der Waals surface area (Å²) in [5, 5.41) is 2.30. The van der Waals surface area contributed by atoms with Crippen LogP contribution in [0.5, 0.6) is 0 Å². The van der Waals surface area contributed by atoms with Gasteiger partial charge in [0.1, 0.15) is 12.3 Å². The summed E-state index contributed by atoms with van der Waals surface area (Å²) in [6.07, 6.45) is -0.597. The third-order valence-electron chi connectivity index (χ3n) is 6.18. The molecule has 0 atom stereocenters. The molecule has 1 N–H and O–H groups in total. The minimum atomic E-state index is -4.51. The molecular formula is C29H22F3N3O4S. The number of carbonyl (C=O) groups excluding carboxylic acids is 1. The Hall–Kier alpha value is -4.64. The van der Waals surface area contributed by atoms with Crippen LogP contribution in [0, 0.1) is 0 Å². The van der Waals surface area contributed by atoms with Crippen molar-refractivity contribution in [2.75, 3.05) is 11.6 Å². The van der Waals surface area contributed by atoms with E-state index in [1.807, 2.05) is 34.9 Å². The van der Waals surface area contributed by atoms with E-state index in [9.17, 15) is 26.4 Å². The quantitative estimate of drug-likeness (QED) is 0.244. The smallest absolute Gasteiger partial charge is 0.416 e. The average Bonchev–Trinajstić information content (AvgIpc) is 3.35. The van der Waals surface area contributed by atoms with E-state index in [1.165, 1.54) is 18.4 Å². The zero-order valence-electron chi connectivity index (χ0n) is 21.0. The van der Waals surface area contributed by atoms with Gasteiger partial charge >= 0.3 is 12.3 Å². The highest BCUT2D eigenvalue weighted by atomic mass is 32.2. The molecule has 204 valence electrons. The number of benzene rings is 3. The lowest BCUT2D eigenvalue weighted by Crippen LogP contribution is -2.14. The fourth-order valence-corrected chi connectivity index (χ4v) is 4.75. The van der Waals surface area contributed by atoms with Crippen molar-refractivity contribution in [1.82, 2.24) is 9.38 Å².